The summed E-state index contributed by atoms with van der Waals surface area (Å²) in [6.45, 7) is 3.39. The largest absolute Gasteiger partial charge is 0.373 e. The molecule has 2 fully saturated rings. The Bertz CT molecular complexity index is 246. The van der Waals surface area contributed by atoms with Gasteiger partial charge in [-0.1, -0.05) is 0 Å². The third-order valence-corrected chi connectivity index (χ3v) is 3.04. The molecule has 2 atom stereocenters. The zero-order valence-corrected chi connectivity index (χ0v) is 8.72. The average molecular weight is 214 g/mol. The van der Waals surface area contributed by atoms with Crippen LogP contribution in [0.5, 0.6) is 0 Å². The van der Waals surface area contributed by atoms with Gasteiger partial charge in [0, 0.05) is 12.6 Å². The molecular weight excluding hydrogens is 196 g/mol. The molecular formula is C9H18N4O2. The molecule has 0 amide bonds. The Balaban J connectivity index is 1.80. The number of morpholine rings is 1. The third-order valence-electron chi connectivity index (χ3n) is 3.04. The molecule has 0 aromatic heterocycles. The van der Waals surface area contributed by atoms with E-state index in [9.17, 15) is 0 Å². The average Bonchev–Trinajstić information content (AvgIpc) is 2.72. The van der Waals surface area contributed by atoms with Crippen LogP contribution >= 0.6 is 0 Å². The van der Waals surface area contributed by atoms with Gasteiger partial charge in [-0.25, -0.2) is 10.5 Å². The van der Waals surface area contributed by atoms with Gasteiger partial charge in [-0.15, -0.1) is 0 Å². The Labute approximate surface area is 89.1 Å². The SMILES string of the molecule is NC(=NCC1CN2CCCC2CO1)NO. The molecule has 4 N–H and O–H groups in total. The number of nitrogens with two attached hydrogens (primary N) is 1. The highest BCUT2D eigenvalue weighted by Crippen LogP contribution is 2.22. The molecule has 0 aromatic rings. The maximum atomic E-state index is 8.46. The third kappa shape index (κ3) is 2.58. The first-order valence-electron chi connectivity index (χ1n) is 5.35. The monoisotopic (exact) mass is 214 g/mol. The van der Waals surface area contributed by atoms with Crippen molar-refractivity contribution in [1.82, 2.24) is 10.4 Å². The highest BCUT2D eigenvalue weighted by molar-refractivity contribution is 5.76. The topological polar surface area (TPSA) is 83.1 Å². The lowest BCUT2D eigenvalue weighted by atomic mass is 10.2. The summed E-state index contributed by atoms with van der Waals surface area (Å²) in [5.74, 6) is 0.0437. The van der Waals surface area contributed by atoms with Crippen LogP contribution in [0, 0.1) is 0 Å². The molecule has 2 aliphatic rings. The summed E-state index contributed by atoms with van der Waals surface area (Å²) in [5.41, 5.74) is 7.13. The van der Waals surface area contributed by atoms with E-state index in [2.05, 4.69) is 9.89 Å². The molecule has 0 aromatic carbocycles. The standard InChI is InChI=1S/C9H18N4O2/c10-9(12-14)11-4-8-5-13-3-1-2-7(13)6-15-8/h7-8,14H,1-6H2,(H3,10,11,12). The number of fused-ring (bicyclic) bond motifs is 1. The van der Waals surface area contributed by atoms with Crippen molar-refractivity contribution in [3.63, 3.8) is 0 Å². The van der Waals surface area contributed by atoms with E-state index in [0.29, 0.717) is 12.6 Å². The van der Waals surface area contributed by atoms with Crippen LogP contribution in [0.15, 0.2) is 4.99 Å². The highest BCUT2D eigenvalue weighted by atomic mass is 16.5. The lowest BCUT2D eigenvalue weighted by Gasteiger charge is -2.34. The minimum atomic E-state index is 0.0437. The molecule has 86 valence electrons. The van der Waals surface area contributed by atoms with E-state index in [1.165, 1.54) is 19.4 Å². The molecule has 6 nitrogen and oxygen atoms in total. The van der Waals surface area contributed by atoms with Gasteiger partial charge in [0.15, 0.2) is 0 Å². The number of hydrogen-bond donors (Lipinski definition) is 3. The maximum Gasteiger partial charge on any atom is 0.212 e. The minimum absolute atomic E-state index is 0.0437. The molecule has 2 saturated heterocycles. The summed E-state index contributed by atoms with van der Waals surface area (Å²) in [6.07, 6.45) is 2.62. The molecule has 6 heteroatoms. The van der Waals surface area contributed by atoms with Gasteiger partial charge in [0.25, 0.3) is 0 Å². The molecule has 2 unspecified atom stereocenters. The second-order valence-electron chi connectivity index (χ2n) is 4.08. The molecule has 0 spiro atoms. The number of nitrogens with one attached hydrogen (secondary N) is 1. The predicted octanol–water partition coefficient (Wildman–Crippen LogP) is -0.857. The van der Waals surface area contributed by atoms with Crippen LogP contribution < -0.4 is 11.2 Å². The fraction of sp³-hybridized carbons (Fsp3) is 0.889. The van der Waals surface area contributed by atoms with Gasteiger partial charge in [-0.3, -0.25) is 10.1 Å². The Kier molecular flexibility index (Phi) is 3.40. The lowest BCUT2D eigenvalue weighted by Crippen LogP contribution is -2.47. The summed E-state index contributed by atoms with van der Waals surface area (Å²) in [6, 6.07) is 0.610. The minimum Gasteiger partial charge on any atom is -0.373 e. The van der Waals surface area contributed by atoms with Gasteiger partial charge in [0.2, 0.25) is 5.96 Å². The van der Waals surface area contributed by atoms with Crippen LogP contribution in [-0.4, -0.2) is 54.5 Å². The second kappa shape index (κ2) is 4.78. The van der Waals surface area contributed by atoms with Crippen molar-refractivity contribution in [1.29, 1.82) is 0 Å². The van der Waals surface area contributed by atoms with Crippen LogP contribution in [0.3, 0.4) is 0 Å². The lowest BCUT2D eigenvalue weighted by molar-refractivity contribution is -0.0432. The summed E-state index contributed by atoms with van der Waals surface area (Å²) in [7, 11) is 0. The van der Waals surface area contributed by atoms with Crippen molar-refractivity contribution in [2.45, 2.75) is 25.0 Å². The number of rotatable bonds is 2. The van der Waals surface area contributed by atoms with Crippen LogP contribution in [0.2, 0.25) is 0 Å². The normalized spacial score (nSPS) is 32.7. The number of ether oxygens (including phenoxy) is 1. The van der Waals surface area contributed by atoms with E-state index in [1.54, 1.807) is 0 Å². The van der Waals surface area contributed by atoms with Crippen LogP contribution in [0.1, 0.15) is 12.8 Å². The summed E-state index contributed by atoms with van der Waals surface area (Å²) in [5, 5.41) is 8.46. The van der Waals surface area contributed by atoms with Crippen LogP contribution in [0.4, 0.5) is 0 Å². The van der Waals surface area contributed by atoms with Gasteiger partial charge in [-0.05, 0) is 19.4 Å². The summed E-state index contributed by atoms with van der Waals surface area (Å²) < 4.78 is 5.67. The number of hydrogen-bond acceptors (Lipinski definition) is 4. The first-order valence-corrected chi connectivity index (χ1v) is 5.35. The molecule has 0 radical (unpaired) electrons. The van der Waals surface area contributed by atoms with Crippen molar-refractivity contribution in [2.24, 2.45) is 10.7 Å². The van der Waals surface area contributed by atoms with Crippen molar-refractivity contribution in [2.75, 3.05) is 26.2 Å². The number of hydroxylamine groups is 1. The van der Waals surface area contributed by atoms with Crippen molar-refractivity contribution in [3.05, 3.63) is 0 Å². The molecule has 0 saturated carbocycles. The summed E-state index contributed by atoms with van der Waals surface area (Å²) >= 11 is 0. The van der Waals surface area contributed by atoms with E-state index in [4.69, 9.17) is 15.7 Å². The maximum absolute atomic E-state index is 8.46. The number of guanidine groups is 1. The second-order valence-corrected chi connectivity index (χ2v) is 4.08. The Hall–Kier alpha value is -0.850. The molecule has 15 heavy (non-hydrogen) atoms. The van der Waals surface area contributed by atoms with E-state index in [1.807, 2.05) is 5.48 Å². The Morgan fingerprint density at radius 2 is 2.53 bits per heavy atom. The molecule has 0 aliphatic carbocycles. The smallest absolute Gasteiger partial charge is 0.212 e. The van der Waals surface area contributed by atoms with Crippen molar-refractivity contribution < 1.29 is 9.94 Å². The van der Waals surface area contributed by atoms with Crippen LogP contribution in [-0.2, 0) is 4.74 Å². The first-order chi connectivity index (χ1) is 7.29. The Morgan fingerprint density at radius 1 is 1.67 bits per heavy atom. The van der Waals surface area contributed by atoms with Crippen molar-refractivity contribution in [3.8, 4) is 0 Å². The fourth-order valence-corrected chi connectivity index (χ4v) is 2.23. The van der Waals surface area contributed by atoms with Gasteiger partial charge in [0.1, 0.15) is 0 Å². The summed E-state index contributed by atoms with van der Waals surface area (Å²) in [4.78, 5) is 6.41. The van der Waals surface area contributed by atoms with Crippen LogP contribution in [0.25, 0.3) is 0 Å². The zero-order valence-electron chi connectivity index (χ0n) is 8.72. The molecule has 2 rings (SSSR count). The Morgan fingerprint density at radius 3 is 3.33 bits per heavy atom. The van der Waals surface area contributed by atoms with E-state index in [-0.39, 0.29) is 12.1 Å². The number of aliphatic imine (C=N–C) groups is 1. The van der Waals surface area contributed by atoms with Gasteiger partial charge in [-0.2, -0.15) is 0 Å². The first kappa shape index (κ1) is 10.7. The van der Waals surface area contributed by atoms with E-state index in [0.717, 1.165) is 13.2 Å². The highest BCUT2D eigenvalue weighted by Gasteiger charge is 2.31. The molecule has 2 heterocycles. The van der Waals surface area contributed by atoms with Crippen molar-refractivity contribution >= 4 is 5.96 Å². The van der Waals surface area contributed by atoms with E-state index < -0.39 is 0 Å². The fourth-order valence-electron chi connectivity index (χ4n) is 2.23. The molecule has 2 aliphatic heterocycles. The van der Waals surface area contributed by atoms with Gasteiger partial charge >= 0.3 is 0 Å². The predicted molar refractivity (Wildman–Crippen MR) is 55.7 cm³/mol. The number of nitrogens with zero attached hydrogens (tertiary/aromatic N) is 2. The van der Waals surface area contributed by atoms with Gasteiger partial charge < -0.3 is 10.5 Å². The van der Waals surface area contributed by atoms with Gasteiger partial charge in [0.05, 0.1) is 19.3 Å². The quantitative estimate of drug-likeness (QED) is 0.316. The zero-order chi connectivity index (χ0) is 10.7. The molecule has 0 bridgehead atoms. The van der Waals surface area contributed by atoms with E-state index >= 15 is 0 Å².